The van der Waals surface area contributed by atoms with Gasteiger partial charge >= 0.3 is 5.97 Å². The Morgan fingerprint density at radius 2 is 2.06 bits per heavy atom. The van der Waals surface area contributed by atoms with E-state index in [4.69, 9.17) is 11.6 Å². The number of carbonyl (C=O) groups is 1. The first kappa shape index (κ1) is 14.7. The number of hydrogen-bond donors (Lipinski definition) is 1. The lowest BCUT2D eigenvalue weighted by Crippen LogP contribution is -2.05. The molecule has 0 radical (unpaired) electrons. The topological polar surface area (TPSA) is 63.6 Å². The van der Waals surface area contributed by atoms with E-state index in [0.717, 1.165) is 5.41 Å². The van der Waals surface area contributed by atoms with Crippen molar-refractivity contribution in [2.24, 2.45) is 0 Å². The van der Waals surface area contributed by atoms with Crippen molar-refractivity contribution in [3.63, 3.8) is 0 Å². The Balaban J connectivity index is 2.67. The maximum absolute atomic E-state index is 11.8. The van der Waals surface area contributed by atoms with Gasteiger partial charge in [-0.2, -0.15) is 0 Å². The summed E-state index contributed by atoms with van der Waals surface area (Å²) in [5.74, 6) is -0.832. The standard InChI is InChI=1S/C12H13ClO4S/c1-2-17-12(15)7-10(14)8-18(16)11-5-3-9(13)4-6-11/h3-6,8,14H,2,7H2,1H3. The second-order valence-electron chi connectivity index (χ2n) is 3.34. The molecule has 0 spiro atoms. The molecular weight excluding hydrogens is 276 g/mol. The number of aliphatic hydroxyl groups excluding tert-OH is 1. The van der Waals surface area contributed by atoms with E-state index in [-0.39, 0.29) is 18.8 Å². The van der Waals surface area contributed by atoms with Gasteiger partial charge in [0.15, 0.2) is 0 Å². The van der Waals surface area contributed by atoms with E-state index in [1.807, 2.05) is 0 Å². The Bertz CT molecular complexity index is 467. The number of aliphatic hydroxyl groups is 1. The predicted octanol–water partition coefficient (Wildman–Crippen LogP) is 2.80. The Morgan fingerprint density at radius 1 is 1.44 bits per heavy atom. The average Bonchev–Trinajstić information content (AvgIpc) is 2.29. The Morgan fingerprint density at radius 3 is 2.61 bits per heavy atom. The molecule has 0 aliphatic carbocycles. The van der Waals surface area contributed by atoms with E-state index >= 15 is 0 Å². The van der Waals surface area contributed by atoms with Crippen molar-refractivity contribution in [1.29, 1.82) is 0 Å². The highest BCUT2D eigenvalue weighted by atomic mass is 35.5. The molecule has 98 valence electrons. The number of carbonyl (C=O) groups excluding carboxylic acids is 1. The maximum atomic E-state index is 11.8. The number of rotatable bonds is 5. The summed E-state index contributed by atoms with van der Waals surface area (Å²) in [6.07, 6.45) is -0.285. The van der Waals surface area contributed by atoms with Crippen LogP contribution in [0.15, 0.2) is 40.3 Å². The maximum Gasteiger partial charge on any atom is 0.313 e. The van der Waals surface area contributed by atoms with Crippen molar-refractivity contribution in [2.45, 2.75) is 18.2 Å². The Hall–Kier alpha value is -1.33. The summed E-state index contributed by atoms with van der Waals surface area (Å²) in [6, 6.07) is 6.38. The number of benzene rings is 1. The summed E-state index contributed by atoms with van der Waals surface area (Å²) in [6.45, 7) is 1.91. The fraction of sp³-hybridized carbons (Fsp3) is 0.250. The lowest BCUT2D eigenvalue weighted by atomic mass is 10.4. The largest absolute Gasteiger partial charge is 0.511 e. The van der Waals surface area contributed by atoms with Gasteiger partial charge in [-0.15, -0.1) is 0 Å². The molecule has 0 aliphatic rings. The zero-order valence-electron chi connectivity index (χ0n) is 9.76. The first-order chi connectivity index (χ1) is 8.52. The van der Waals surface area contributed by atoms with Gasteiger partial charge in [0.25, 0.3) is 0 Å². The Kier molecular flexibility index (Phi) is 5.88. The van der Waals surface area contributed by atoms with E-state index in [0.29, 0.717) is 9.92 Å². The molecule has 1 N–H and O–H groups in total. The van der Waals surface area contributed by atoms with Crippen molar-refractivity contribution in [2.75, 3.05) is 6.61 Å². The molecule has 0 fully saturated rings. The normalized spacial score (nSPS) is 13.1. The van der Waals surface area contributed by atoms with Crippen LogP contribution in [0.4, 0.5) is 0 Å². The van der Waals surface area contributed by atoms with Crippen LogP contribution in [0.3, 0.4) is 0 Å². The zero-order valence-corrected chi connectivity index (χ0v) is 11.3. The first-order valence-electron chi connectivity index (χ1n) is 5.24. The van der Waals surface area contributed by atoms with Crippen LogP contribution < -0.4 is 0 Å². The van der Waals surface area contributed by atoms with Crippen LogP contribution in [0.5, 0.6) is 0 Å². The van der Waals surface area contributed by atoms with E-state index in [1.165, 1.54) is 0 Å². The highest BCUT2D eigenvalue weighted by molar-refractivity contribution is 7.88. The van der Waals surface area contributed by atoms with Crippen molar-refractivity contribution in [1.82, 2.24) is 0 Å². The molecule has 0 bridgehead atoms. The summed E-state index contributed by atoms with van der Waals surface area (Å²) in [4.78, 5) is 11.6. The van der Waals surface area contributed by atoms with Crippen LogP contribution in [-0.4, -0.2) is 21.9 Å². The van der Waals surface area contributed by atoms with Gasteiger partial charge in [-0.1, -0.05) is 11.6 Å². The van der Waals surface area contributed by atoms with Crippen molar-refractivity contribution in [3.8, 4) is 0 Å². The molecular formula is C12H13ClO4S. The molecule has 1 rings (SSSR count). The third-order valence-electron chi connectivity index (χ3n) is 1.92. The van der Waals surface area contributed by atoms with Gasteiger partial charge in [0.1, 0.15) is 12.2 Å². The summed E-state index contributed by atoms with van der Waals surface area (Å²) < 4.78 is 16.4. The van der Waals surface area contributed by atoms with Gasteiger partial charge in [-0.3, -0.25) is 4.79 Å². The molecule has 18 heavy (non-hydrogen) atoms. The lowest BCUT2D eigenvalue weighted by Gasteiger charge is -2.01. The third kappa shape index (κ3) is 4.89. The van der Waals surface area contributed by atoms with E-state index in [9.17, 15) is 14.1 Å². The fourth-order valence-corrected chi connectivity index (χ4v) is 2.16. The molecule has 0 heterocycles. The minimum Gasteiger partial charge on any atom is -0.511 e. The van der Waals surface area contributed by atoms with Crippen LogP contribution in [0, 0.1) is 0 Å². The van der Waals surface area contributed by atoms with Gasteiger partial charge in [-0.05, 0) is 31.2 Å². The van der Waals surface area contributed by atoms with Gasteiger partial charge in [0.2, 0.25) is 0 Å². The van der Waals surface area contributed by atoms with Gasteiger partial charge in [-0.25, -0.2) is 4.21 Å². The molecule has 1 atom stereocenters. The second kappa shape index (κ2) is 7.18. The molecule has 0 saturated carbocycles. The highest BCUT2D eigenvalue weighted by Crippen LogP contribution is 2.14. The fourth-order valence-electron chi connectivity index (χ4n) is 1.16. The lowest BCUT2D eigenvalue weighted by molar-refractivity contribution is -0.142. The highest BCUT2D eigenvalue weighted by Gasteiger charge is 2.08. The molecule has 0 saturated heterocycles. The SMILES string of the molecule is CCOC(=O)CC(O)=CS(=O)c1ccc(Cl)cc1. The quantitative estimate of drug-likeness (QED) is 0.668. The first-order valence-corrected chi connectivity index (χ1v) is 6.83. The van der Waals surface area contributed by atoms with E-state index in [1.54, 1.807) is 31.2 Å². The minimum atomic E-state index is -1.52. The molecule has 1 unspecified atom stereocenters. The number of ether oxygens (including phenoxy) is 1. The molecule has 0 amide bonds. The molecule has 4 nitrogen and oxygen atoms in total. The van der Waals surface area contributed by atoms with E-state index in [2.05, 4.69) is 4.74 Å². The predicted molar refractivity (Wildman–Crippen MR) is 69.8 cm³/mol. The van der Waals surface area contributed by atoms with Gasteiger partial charge in [0, 0.05) is 15.3 Å². The zero-order chi connectivity index (χ0) is 13.5. The monoisotopic (exact) mass is 288 g/mol. The third-order valence-corrected chi connectivity index (χ3v) is 3.39. The van der Waals surface area contributed by atoms with Crippen molar-refractivity contribution >= 4 is 28.4 Å². The van der Waals surface area contributed by atoms with Crippen LogP contribution in [0.1, 0.15) is 13.3 Å². The van der Waals surface area contributed by atoms with Crippen LogP contribution in [0.2, 0.25) is 5.02 Å². The van der Waals surface area contributed by atoms with Gasteiger partial charge in [0.05, 0.1) is 17.4 Å². The Labute approximate surface area is 113 Å². The van der Waals surface area contributed by atoms with E-state index < -0.39 is 16.8 Å². The number of hydrogen-bond acceptors (Lipinski definition) is 4. The molecule has 6 heteroatoms. The molecule has 0 aliphatic heterocycles. The minimum absolute atomic E-state index is 0.242. The molecule has 1 aromatic carbocycles. The number of halogens is 1. The molecule has 1 aromatic rings. The second-order valence-corrected chi connectivity index (χ2v) is 5.08. The van der Waals surface area contributed by atoms with Crippen LogP contribution >= 0.6 is 11.6 Å². The smallest absolute Gasteiger partial charge is 0.313 e. The summed E-state index contributed by atoms with van der Waals surface area (Å²) in [5, 5.41) is 11.1. The summed E-state index contributed by atoms with van der Waals surface area (Å²) >= 11 is 5.70. The van der Waals surface area contributed by atoms with Gasteiger partial charge < -0.3 is 9.84 Å². The average molecular weight is 289 g/mol. The van der Waals surface area contributed by atoms with Crippen molar-refractivity contribution < 1.29 is 18.8 Å². The summed E-state index contributed by atoms with van der Waals surface area (Å²) in [5.41, 5.74) is 0. The van der Waals surface area contributed by atoms with Crippen molar-refractivity contribution in [3.05, 3.63) is 40.5 Å². The molecule has 0 aromatic heterocycles. The van der Waals surface area contributed by atoms with Crippen LogP contribution in [-0.2, 0) is 20.3 Å². The number of esters is 1. The summed E-state index contributed by atoms with van der Waals surface area (Å²) in [7, 11) is -1.52. The van der Waals surface area contributed by atoms with Crippen LogP contribution in [0.25, 0.3) is 0 Å².